The highest BCUT2D eigenvalue weighted by Crippen LogP contribution is 2.33. The van der Waals surface area contributed by atoms with E-state index in [-0.39, 0.29) is 17.3 Å². The minimum Gasteiger partial charge on any atom is -0.453 e. The van der Waals surface area contributed by atoms with Gasteiger partial charge in [0, 0.05) is 21.8 Å². The summed E-state index contributed by atoms with van der Waals surface area (Å²) >= 11 is 13.6. The number of ketones is 1. The van der Waals surface area contributed by atoms with Gasteiger partial charge in [0.1, 0.15) is 5.76 Å². The monoisotopic (exact) mass is 505 g/mol. The first-order chi connectivity index (χ1) is 16.6. The van der Waals surface area contributed by atoms with Gasteiger partial charge in [0.25, 0.3) is 0 Å². The molecule has 0 aliphatic carbocycles. The van der Waals surface area contributed by atoms with Gasteiger partial charge in [-0.1, -0.05) is 83.5 Å². The van der Waals surface area contributed by atoms with Crippen LogP contribution < -0.4 is 0 Å². The van der Waals surface area contributed by atoms with Crippen LogP contribution in [0.3, 0.4) is 0 Å². The quantitative estimate of drug-likeness (QED) is 0.169. The molecule has 3 aromatic carbocycles. The highest BCUT2D eigenvalue weighted by atomic mass is 35.5. The molecule has 0 saturated carbocycles. The second-order valence-corrected chi connectivity index (χ2v) is 9.13. The summed E-state index contributed by atoms with van der Waals surface area (Å²) in [6.45, 7) is 0. The largest absolute Gasteiger partial charge is 0.453 e. The lowest BCUT2D eigenvalue weighted by Crippen LogP contribution is -2.04. The smallest absolute Gasteiger partial charge is 0.208 e. The number of hydrogen-bond donors (Lipinski definition) is 0. The number of furan rings is 1. The van der Waals surface area contributed by atoms with Crippen LogP contribution in [0.15, 0.2) is 101 Å². The molecule has 8 heteroatoms. The predicted molar refractivity (Wildman–Crippen MR) is 136 cm³/mol. The molecule has 5 nitrogen and oxygen atoms in total. The number of hydrogen-bond acceptors (Lipinski definition) is 5. The lowest BCUT2D eigenvalue weighted by molar-refractivity contribution is 0.0993. The fourth-order valence-electron chi connectivity index (χ4n) is 3.47. The highest BCUT2D eigenvalue weighted by Gasteiger charge is 2.19. The molecular weight excluding hydrogens is 489 g/mol. The molecule has 0 fully saturated rings. The molecule has 0 aliphatic heterocycles. The van der Waals surface area contributed by atoms with Crippen molar-refractivity contribution in [2.75, 3.05) is 5.75 Å². The van der Waals surface area contributed by atoms with Crippen LogP contribution >= 0.6 is 35.0 Å². The third-order valence-electron chi connectivity index (χ3n) is 5.09. The van der Waals surface area contributed by atoms with Crippen molar-refractivity contribution >= 4 is 40.7 Å². The van der Waals surface area contributed by atoms with Crippen LogP contribution in [0.1, 0.15) is 10.6 Å². The second kappa shape index (κ2) is 9.89. The number of thioether (sulfide) groups is 1. The van der Waals surface area contributed by atoms with Gasteiger partial charge in [0.15, 0.2) is 16.7 Å². The maximum Gasteiger partial charge on any atom is 0.208 e. The number of halogens is 2. The molecule has 168 valence electrons. The van der Waals surface area contributed by atoms with Crippen molar-refractivity contribution in [3.8, 4) is 28.4 Å². The summed E-state index contributed by atoms with van der Waals surface area (Å²) < 4.78 is 7.75. The number of rotatable bonds is 7. The average molecular weight is 506 g/mol. The van der Waals surface area contributed by atoms with Gasteiger partial charge in [0.2, 0.25) is 5.78 Å². The second-order valence-electron chi connectivity index (χ2n) is 7.34. The van der Waals surface area contributed by atoms with Gasteiger partial charge in [-0.25, -0.2) is 0 Å². The summed E-state index contributed by atoms with van der Waals surface area (Å²) in [5, 5.41) is 10.4. The lowest BCUT2D eigenvalue weighted by Gasteiger charge is -2.10. The zero-order valence-corrected chi connectivity index (χ0v) is 20.0. The van der Waals surface area contributed by atoms with Gasteiger partial charge in [-0.2, -0.15) is 0 Å². The Morgan fingerprint density at radius 1 is 0.882 bits per heavy atom. The van der Waals surface area contributed by atoms with Crippen LogP contribution in [-0.4, -0.2) is 26.3 Å². The molecule has 5 aromatic rings. The number of carbonyl (C=O) groups excluding carboxylic acids is 1. The predicted octanol–water partition coefficient (Wildman–Crippen LogP) is 7.48. The number of aromatic nitrogens is 3. The molecule has 34 heavy (non-hydrogen) atoms. The van der Waals surface area contributed by atoms with Crippen LogP contribution in [0.4, 0.5) is 0 Å². The molecule has 0 aliphatic rings. The van der Waals surface area contributed by atoms with E-state index < -0.39 is 0 Å². The van der Waals surface area contributed by atoms with E-state index in [2.05, 4.69) is 10.2 Å². The Bertz CT molecular complexity index is 1450. The third-order valence-corrected chi connectivity index (χ3v) is 6.58. The molecule has 2 aromatic heterocycles. The van der Waals surface area contributed by atoms with Gasteiger partial charge >= 0.3 is 0 Å². The highest BCUT2D eigenvalue weighted by molar-refractivity contribution is 7.99. The third kappa shape index (κ3) is 4.66. The first-order valence-electron chi connectivity index (χ1n) is 10.4. The van der Waals surface area contributed by atoms with E-state index in [4.69, 9.17) is 27.6 Å². The number of benzene rings is 3. The fraction of sp³-hybridized carbons (Fsp3) is 0.0385. The number of carbonyl (C=O) groups is 1. The number of nitrogens with zero attached hydrogens (tertiary/aromatic N) is 3. The normalized spacial score (nSPS) is 11.0. The van der Waals surface area contributed by atoms with Crippen molar-refractivity contribution < 1.29 is 9.21 Å². The summed E-state index contributed by atoms with van der Waals surface area (Å²) in [4.78, 5) is 12.9. The molecule has 0 unspecified atom stereocenters. The van der Waals surface area contributed by atoms with Gasteiger partial charge < -0.3 is 4.42 Å². The fourth-order valence-corrected chi connectivity index (χ4v) is 4.67. The van der Waals surface area contributed by atoms with Crippen molar-refractivity contribution in [3.63, 3.8) is 0 Å². The van der Waals surface area contributed by atoms with Crippen molar-refractivity contribution in [1.82, 2.24) is 14.8 Å². The van der Waals surface area contributed by atoms with Crippen molar-refractivity contribution in [2.24, 2.45) is 0 Å². The van der Waals surface area contributed by atoms with E-state index in [1.165, 1.54) is 11.8 Å². The minimum absolute atomic E-state index is 0.135. The summed E-state index contributed by atoms with van der Waals surface area (Å²) in [7, 11) is 0. The van der Waals surface area contributed by atoms with Crippen LogP contribution in [0.25, 0.3) is 28.4 Å². The Balaban J connectivity index is 1.40. The van der Waals surface area contributed by atoms with Gasteiger partial charge in [-0.05, 0) is 42.5 Å². The first kappa shape index (κ1) is 22.5. The maximum absolute atomic E-state index is 12.9. The zero-order chi connectivity index (χ0) is 23.5. The molecule has 0 atom stereocenters. The van der Waals surface area contributed by atoms with Crippen LogP contribution in [-0.2, 0) is 0 Å². The average Bonchev–Trinajstić information content (AvgIpc) is 3.53. The summed E-state index contributed by atoms with van der Waals surface area (Å²) in [6, 6.07) is 28.1. The Labute approximate surface area is 210 Å². The Hall–Kier alpha value is -3.32. The van der Waals surface area contributed by atoms with Crippen LogP contribution in [0, 0.1) is 0 Å². The molecule has 2 heterocycles. The first-order valence-corrected chi connectivity index (χ1v) is 12.1. The number of para-hydroxylation sites is 1. The van der Waals surface area contributed by atoms with E-state index in [1.54, 1.807) is 30.3 Å². The number of Topliss-reactive ketones (excluding diaryl/α,β-unsaturated/α-hetero) is 1. The summed E-state index contributed by atoms with van der Waals surface area (Å²) in [5.74, 6) is 1.40. The summed E-state index contributed by atoms with van der Waals surface area (Å²) in [6.07, 6.45) is 0. The minimum atomic E-state index is -0.168. The Morgan fingerprint density at radius 3 is 2.38 bits per heavy atom. The van der Waals surface area contributed by atoms with Crippen molar-refractivity contribution in [2.45, 2.75) is 5.16 Å². The standard InChI is InChI=1S/C26H17Cl2N3O2S/c27-18-11-12-21(28)20(15-18)23-13-14-24(33-23)22(32)16-34-26-30-29-25(17-7-3-1-4-8-17)31(26)19-9-5-2-6-10-19/h1-15H,16H2. The van der Waals surface area contributed by atoms with Gasteiger partial charge in [-0.15, -0.1) is 10.2 Å². The molecule has 0 radical (unpaired) electrons. The molecule has 0 saturated heterocycles. The van der Waals surface area contributed by atoms with E-state index >= 15 is 0 Å². The Kier molecular flexibility index (Phi) is 6.54. The van der Waals surface area contributed by atoms with Gasteiger partial charge in [0.05, 0.1) is 10.8 Å². The zero-order valence-electron chi connectivity index (χ0n) is 17.7. The molecule has 0 N–H and O–H groups in total. The van der Waals surface area contributed by atoms with Crippen LogP contribution in [0.5, 0.6) is 0 Å². The van der Waals surface area contributed by atoms with Crippen LogP contribution in [0.2, 0.25) is 10.0 Å². The molecule has 0 amide bonds. The van der Waals surface area contributed by atoms with E-state index in [0.717, 1.165) is 11.3 Å². The SMILES string of the molecule is O=C(CSc1nnc(-c2ccccc2)n1-c1ccccc1)c1ccc(-c2cc(Cl)ccc2Cl)o1. The van der Waals surface area contributed by atoms with E-state index in [0.29, 0.717) is 32.3 Å². The Morgan fingerprint density at radius 2 is 1.62 bits per heavy atom. The van der Waals surface area contributed by atoms with Gasteiger partial charge in [-0.3, -0.25) is 9.36 Å². The van der Waals surface area contributed by atoms with E-state index in [9.17, 15) is 4.79 Å². The van der Waals surface area contributed by atoms with Crippen molar-refractivity contribution in [1.29, 1.82) is 0 Å². The molecule has 0 bridgehead atoms. The maximum atomic E-state index is 12.9. The van der Waals surface area contributed by atoms with E-state index in [1.807, 2.05) is 65.2 Å². The summed E-state index contributed by atoms with van der Waals surface area (Å²) in [5.41, 5.74) is 2.49. The lowest BCUT2D eigenvalue weighted by atomic mass is 10.2. The molecule has 0 spiro atoms. The molecule has 5 rings (SSSR count). The van der Waals surface area contributed by atoms with Crippen molar-refractivity contribution in [3.05, 3.63) is 107 Å². The molecular formula is C26H17Cl2N3O2S. The topological polar surface area (TPSA) is 60.9 Å².